The van der Waals surface area contributed by atoms with Crippen LogP contribution in [0, 0.1) is 0 Å². The van der Waals surface area contributed by atoms with Gasteiger partial charge >= 0.3 is 0 Å². The van der Waals surface area contributed by atoms with Gasteiger partial charge in [0.25, 0.3) is 0 Å². The molecule has 1 aromatic rings. The summed E-state index contributed by atoms with van der Waals surface area (Å²) < 4.78 is 10.7. The molecule has 0 aliphatic heterocycles. The molecule has 96 valence electrons. The number of halogens is 1. The van der Waals surface area contributed by atoms with Crippen molar-refractivity contribution >= 4 is 15.9 Å². The van der Waals surface area contributed by atoms with Crippen LogP contribution in [0.5, 0.6) is 11.5 Å². The van der Waals surface area contributed by atoms with Gasteiger partial charge in [0.2, 0.25) is 0 Å². The number of likely N-dealkylation sites (N-methyl/N-ethyl adjacent to an activating group) is 1. The van der Waals surface area contributed by atoms with Gasteiger partial charge in [-0.3, -0.25) is 0 Å². The van der Waals surface area contributed by atoms with Gasteiger partial charge in [-0.25, -0.2) is 0 Å². The number of nitrogens with zero attached hydrogens (tertiary/aromatic N) is 1. The maximum atomic E-state index is 5.65. The molecular weight excluding hydrogens is 282 g/mol. The van der Waals surface area contributed by atoms with Crippen LogP contribution < -0.4 is 9.47 Å². The number of rotatable bonds is 7. The van der Waals surface area contributed by atoms with Crippen molar-refractivity contribution in [3.63, 3.8) is 0 Å². The Labute approximate surface area is 112 Å². The van der Waals surface area contributed by atoms with Gasteiger partial charge < -0.3 is 14.4 Å². The quantitative estimate of drug-likeness (QED) is 0.723. The minimum atomic E-state index is 0.508. The Morgan fingerprint density at radius 3 is 2.35 bits per heavy atom. The number of ether oxygens (including phenoxy) is 2. The first kappa shape index (κ1) is 14.3. The van der Waals surface area contributed by atoms with Gasteiger partial charge in [-0.2, -0.15) is 0 Å². The van der Waals surface area contributed by atoms with Gasteiger partial charge in [0.1, 0.15) is 18.1 Å². The van der Waals surface area contributed by atoms with E-state index >= 15 is 0 Å². The van der Waals surface area contributed by atoms with Crippen molar-refractivity contribution in [1.29, 1.82) is 0 Å². The molecule has 0 N–H and O–H groups in total. The first-order chi connectivity index (χ1) is 8.11. The summed E-state index contributed by atoms with van der Waals surface area (Å²) in [6.07, 6.45) is 0. The Bertz CT molecular complexity index is 314. The third-order valence-electron chi connectivity index (χ3n) is 2.36. The van der Waals surface area contributed by atoms with Crippen LogP contribution >= 0.6 is 15.9 Å². The lowest BCUT2D eigenvalue weighted by atomic mass is 10.3. The highest BCUT2D eigenvalue weighted by Crippen LogP contribution is 2.16. The summed E-state index contributed by atoms with van der Waals surface area (Å²) >= 11 is 3.53. The van der Waals surface area contributed by atoms with E-state index < -0.39 is 0 Å². The number of methoxy groups -OCH3 is 1. The lowest BCUT2D eigenvalue weighted by molar-refractivity contribution is 0.239. The zero-order chi connectivity index (χ0) is 12.7. The van der Waals surface area contributed by atoms with Crippen molar-refractivity contribution in [2.45, 2.75) is 11.8 Å². The van der Waals surface area contributed by atoms with Crippen molar-refractivity contribution in [2.24, 2.45) is 0 Å². The van der Waals surface area contributed by atoms with E-state index in [4.69, 9.17) is 9.47 Å². The van der Waals surface area contributed by atoms with E-state index in [1.807, 2.05) is 24.3 Å². The van der Waals surface area contributed by atoms with Gasteiger partial charge in [-0.05, 0) is 31.3 Å². The Morgan fingerprint density at radius 2 is 1.82 bits per heavy atom. The molecule has 0 fully saturated rings. The first-order valence-electron chi connectivity index (χ1n) is 5.71. The molecule has 0 amide bonds. The molecule has 0 aromatic heterocycles. The SMILES string of the molecule is COc1ccc(OCCN(C)CC(C)Br)cc1. The molecule has 17 heavy (non-hydrogen) atoms. The van der Waals surface area contributed by atoms with Crippen LogP contribution in [0.25, 0.3) is 0 Å². The zero-order valence-corrected chi connectivity index (χ0v) is 12.2. The fourth-order valence-electron chi connectivity index (χ4n) is 1.51. The summed E-state index contributed by atoms with van der Waals surface area (Å²) in [5.41, 5.74) is 0. The molecule has 0 radical (unpaired) electrons. The van der Waals surface area contributed by atoms with Crippen LogP contribution in [0.15, 0.2) is 24.3 Å². The topological polar surface area (TPSA) is 21.7 Å². The number of hydrogen-bond donors (Lipinski definition) is 0. The van der Waals surface area contributed by atoms with Crippen LogP contribution in [-0.2, 0) is 0 Å². The van der Waals surface area contributed by atoms with Crippen molar-refractivity contribution in [3.05, 3.63) is 24.3 Å². The van der Waals surface area contributed by atoms with Crippen LogP contribution in [0.2, 0.25) is 0 Å². The number of hydrogen-bond acceptors (Lipinski definition) is 3. The van der Waals surface area contributed by atoms with E-state index in [0.29, 0.717) is 11.4 Å². The van der Waals surface area contributed by atoms with Crippen molar-refractivity contribution in [3.8, 4) is 11.5 Å². The van der Waals surface area contributed by atoms with E-state index in [2.05, 4.69) is 34.8 Å². The molecule has 3 nitrogen and oxygen atoms in total. The summed E-state index contributed by atoms with van der Waals surface area (Å²) in [6, 6.07) is 7.65. The van der Waals surface area contributed by atoms with E-state index in [1.165, 1.54) is 0 Å². The zero-order valence-electron chi connectivity index (χ0n) is 10.6. The molecule has 1 rings (SSSR count). The standard InChI is InChI=1S/C13H20BrNO2/c1-11(14)10-15(2)8-9-17-13-6-4-12(16-3)5-7-13/h4-7,11H,8-10H2,1-3H3. The Morgan fingerprint density at radius 1 is 1.24 bits per heavy atom. The predicted molar refractivity (Wildman–Crippen MR) is 74.4 cm³/mol. The fraction of sp³-hybridized carbons (Fsp3) is 0.538. The number of benzene rings is 1. The lowest BCUT2D eigenvalue weighted by Gasteiger charge is -2.18. The fourth-order valence-corrected chi connectivity index (χ4v) is 2.01. The molecule has 4 heteroatoms. The minimum Gasteiger partial charge on any atom is -0.497 e. The smallest absolute Gasteiger partial charge is 0.119 e. The number of alkyl halides is 1. The molecule has 1 aromatic carbocycles. The normalized spacial score (nSPS) is 12.5. The van der Waals surface area contributed by atoms with Crippen molar-refractivity contribution in [1.82, 2.24) is 4.90 Å². The molecule has 0 heterocycles. The second-order valence-electron chi connectivity index (χ2n) is 4.07. The van der Waals surface area contributed by atoms with Gasteiger partial charge in [-0.1, -0.05) is 22.9 Å². The highest BCUT2D eigenvalue weighted by atomic mass is 79.9. The second kappa shape index (κ2) is 7.56. The Hall–Kier alpha value is -0.740. The first-order valence-corrected chi connectivity index (χ1v) is 6.63. The van der Waals surface area contributed by atoms with Crippen molar-refractivity contribution < 1.29 is 9.47 Å². The summed E-state index contributed by atoms with van der Waals surface area (Å²) in [6.45, 7) is 4.78. The van der Waals surface area contributed by atoms with Crippen LogP contribution in [0.1, 0.15) is 6.92 Å². The highest BCUT2D eigenvalue weighted by Gasteiger charge is 2.02. The largest absolute Gasteiger partial charge is 0.497 e. The van der Waals surface area contributed by atoms with Gasteiger partial charge in [0.15, 0.2) is 0 Å². The summed E-state index contributed by atoms with van der Waals surface area (Å²) in [7, 11) is 3.75. The Balaban J connectivity index is 2.25. The van der Waals surface area contributed by atoms with Crippen molar-refractivity contribution in [2.75, 3.05) is 33.9 Å². The van der Waals surface area contributed by atoms with Crippen LogP contribution in [0.3, 0.4) is 0 Å². The molecule has 1 atom stereocenters. The third-order valence-corrected chi connectivity index (χ3v) is 2.65. The predicted octanol–water partition coefficient (Wildman–Crippen LogP) is 2.79. The Kier molecular flexibility index (Phi) is 6.37. The van der Waals surface area contributed by atoms with Gasteiger partial charge in [0.05, 0.1) is 7.11 Å². The average molecular weight is 302 g/mol. The lowest BCUT2D eigenvalue weighted by Crippen LogP contribution is -2.28. The molecule has 0 saturated carbocycles. The summed E-state index contributed by atoms with van der Waals surface area (Å²) in [5.74, 6) is 1.73. The molecule has 0 aliphatic rings. The van der Waals surface area contributed by atoms with Crippen LogP contribution in [0.4, 0.5) is 0 Å². The highest BCUT2D eigenvalue weighted by molar-refractivity contribution is 9.09. The van der Waals surface area contributed by atoms with E-state index in [0.717, 1.165) is 24.6 Å². The molecule has 1 unspecified atom stereocenters. The maximum absolute atomic E-state index is 5.65. The molecule has 0 spiro atoms. The maximum Gasteiger partial charge on any atom is 0.119 e. The summed E-state index contributed by atoms with van der Waals surface area (Å²) in [5, 5.41) is 0. The van der Waals surface area contributed by atoms with Gasteiger partial charge in [0, 0.05) is 17.9 Å². The molecule has 0 saturated heterocycles. The van der Waals surface area contributed by atoms with Crippen LogP contribution in [-0.4, -0.2) is 43.6 Å². The molecule has 0 bridgehead atoms. The second-order valence-corrected chi connectivity index (χ2v) is 5.63. The van der Waals surface area contributed by atoms with Gasteiger partial charge in [-0.15, -0.1) is 0 Å². The molecule has 0 aliphatic carbocycles. The van der Waals surface area contributed by atoms with E-state index in [9.17, 15) is 0 Å². The minimum absolute atomic E-state index is 0.508. The van der Waals surface area contributed by atoms with E-state index in [1.54, 1.807) is 7.11 Å². The van der Waals surface area contributed by atoms with E-state index in [-0.39, 0.29) is 0 Å². The molecular formula is C13H20BrNO2. The summed E-state index contributed by atoms with van der Waals surface area (Å²) in [4.78, 5) is 2.75. The average Bonchev–Trinajstić information content (AvgIpc) is 2.29. The monoisotopic (exact) mass is 301 g/mol. The third kappa shape index (κ3) is 5.94.